The molecule has 0 amide bonds. The van der Waals surface area contributed by atoms with E-state index in [9.17, 15) is 4.79 Å². The van der Waals surface area contributed by atoms with Crippen molar-refractivity contribution in [2.24, 2.45) is 11.3 Å². The fourth-order valence-electron chi connectivity index (χ4n) is 3.49. The number of hydrogen-bond acceptors (Lipinski definition) is 3. The molecule has 1 saturated carbocycles. The lowest BCUT2D eigenvalue weighted by atomic mass is 9.59. The van der Waals surface area contributed by atoms with E-state index < -0.39 is 0 Å². The van der Waals surface area contributed by atoms with Crippen molar-refractivity contribution in [2.75, 3.05) is 20.2 Å². The second-order valence-corrected chi connectivity index (χ2v) is 5.86. The van der Waals surface area contributed by atoms with Gasteiger partial charge in [0.1, 0.15) is 0 Å². The van der Waals surface area contributed by atoms with E-state index in [-0.39, 0.29) is 17.3 Å². The van der Waals surface area contributed by atoms with Crippen molar-refractivity contribution in [3.05, 3.63) is 0 Å². The molecule has 3 nitrogen and oxygen atoms in total. The molecule has 0 N–H and O–H groups in total. The van der Waals surface area contributed by atoms with Gasteiger partial charge < -0.3 is 4.74 Å². The number of methoxy groups -OCH3 is 1. The molecule has 92 valence electrons. The van der Waals surface area contributed by atoms with E-state index in [1.807, 2.05) is 0 Å². The van der Waals surface area contributed by atoms with Gasteiger partial charge in [-0.15, -0.1) is 0 Å². The van der Waals surface area contributed by atoms with Crippen LogP contribution in [0.15, 0.2) is 0 Å². The minimum Gasteiger partial charge on any atom is -0.469 e. The summed E-state index contributed by atoms with van der Waals surface area (Å²) in [5.41, 5.74) is 0.274. The van der Waals surface area contributed by atoms with Crippen LogP contribution in [0.25, 0.3) is 0 Å². The predicted molar refractivity (Wildman–Crippen MR) is 63.1 cm³/mol. The van der Waals surface area contributed by atoms with Gasteiger partial charge in [-0.25, -0.2) is 0 Å². The Morgan fingerprint density at radius 2 is 1.88 bits per heavy atom. The largest absolute Gasteiger partial charge is 0.469 e. The van der Waals surface area contributed by atoms with Crippen LogP contribution in [-0.2, 0) is 9.53 Å². The molecular weight excluding hydrogens is 202 g/mol. The van der Waals surface area contributed by atoms with E-state index in [0.717, 1.165) is 19.5 Å². The minimum atomic E-state index is -0.0186. The number of hydrogen-bond donors (Lipinski definition) is 0. The van der Waals surface area contributed by atoms with Gasteiger partial charge in [-0.1, -0.05) is 20.3 Å². The first-order chi connectivity index (χ1) is 7.56. The third-order valence-electron chi connectivity index (χ3n) is 4.22. The summed E-state index contributed by atoms with van der Waals surface area (Å²) in [6.07, 6.45) is 4.87. The van der Waals surface area contributed by atoms with Gasteiger partial charge in [-0.2, -0.15) is 0 Å². The Balaban J connectivity index is 2.05. The van der Waals surface area contributed by atoms with Gasteiger partial charge in [0.25, 0.3) is 0 Å². The van der Waals surface area contributed by atoms with E-state index in [2.05, 4.69) is 18.7 Å². The summed E-state index contributed by atoms with van der Waals surface area (Å²) in [4.78, 5) is 14.2. The van der Waals surface area contributed by atoms with Crippen LogP contribution in [-0.4, -0.2) is 37.1 Å². The van der Waals surface area contributed by atoms with E-state index in [4.69, 9.17) is 4.74 Å². The highest BCUT2D eigenvalue weighted by Crippen LogP contribution is 2.49. The van der Waals surface area contributed by atoms with Gasteiger partial charge in [-0.05, 0) is 37.8 Å². The van der Waals surface area contributed by atoms with Crippen molar-refractivity contribution in [1.82, 2.24) is 4.90 Å². The molecule has 0 bridgehead atoms. The monoisotopic (exact) mass is 225 g/mol. The maximum atomic E-state index is 11.7. The number of rotatable bonds is 2. The summed E-state index contributed by atoms with van der Waals surface area (Å²) in [5.74, 6) is 0.0907. The number of esters is 1. The molecule has 0 radical (unpaired) electrons. The minimum absolute atomic E-state index is 0.0186. The van der Waals surface area contributed by atoms with Crippen LogP contribution in [0.3, 0.4) is 0 Å². The fraction of sp³-hybridized carbons (Fsp3) is 0.923. The molecule has 1 aliphatic heterocycles. The standard InChI is InChI=1S/C13H23NO2/c1-13(2)9-10(12(15)16-3)11(13)14-7-5-4-6-8-14/h10-11H,4-9H2,1-3H3/t10-,11-/m0/s1. The van der Waals surface area contributed by atoms with Crippen molar-refractivity contribution in [3.63, 3.8) is 0 Å². The third-order valence-corrected chi connectivity index (χ3v) is 4.22. The lowest BCUT2D eigenvalue weighted by Gasteiger charge is -2.55. The Morgan fingerprint density at radius 1 is 1.25 bits per heavy atom. The molecule has 2 atom stereocenters. The maximum absolute atomic E-state index is 11.7. The van der Waals surface area contributed by atoms with E-state index in [1.54, 1.807) is 0 Å². The Labute approximate surface area is 98.1 Å². The Hall–Kier alpha value is -0.570. The quantitative estimate of drug-likeness (QED) is 0.674. The maximum Gasteiger partial charge on any atom is 0.310 e. The average molecular weight is 225 g/mol. The highest BCUT2D eigenvalue weighted by molar-refractivity contribution is 5.74. The van der Waals surface area contributed by atoms with Gasteiger partial charge in [0.2, 0.25) is 0 Å². The summed E-state index contributed by atoms with van der Waals surface area (Å²) in [5, 5.41) is 0. The van der Waals surface area contributed by atoms with Gasteiger partial charge in [0.05, 0.1) is 13.0 Å². The Kier molecular flexibility index (Phi) is 3.24. The van der Waals surface area contributed by atoms with Crippen LogP contribution in [0.1, 0.15) is 39.5 Å². The second-order valence-electron chi connectivity index (χ2n) is 5.86. The predicted octanol–water partition coefficient (Wildman–Crippen LogP) is 2.06. The van der Waals surface area contributed by atoms with E-state index >= 15 is 0 Å². The smallest absolute Gasteiger partial charge is 0.310 e. The topological polar surface area (TPSA) is 29.5 Å². The molecule has 1 heterocycles. The van der Waals surface area contributed by atoms with Gasteiger partial charge in [0.15, 0.2) is 0 Å². The number of carbonyl (C=O) groups is 1. The van der Waals surface area contributed by atoms with Crippen molar-refractivity contribution in [1.29, 1.82) is 0 Å². The van der Waals surface area contributed by atoms with Gasteiger partial charge >= 0.3 is 5.97 Å². The van der Waals surface area contributed by atoms with Crippen LogP contribution in [0.4, 0.5) is 0 Å². The number of piperidine rings is 1. The molecule has 1 aliphatic carbocycles. The summed E-state index contributed by atoms with van der Waals surface area (Å²) >= 11 is 0. The summed E-state index contributed by atoms with van der Waals surface area (Å²) in [7, 11) is 1.50. The summed E-state index contributed by atoms with van der Waals surface area (Å²) in [6, 6.07) is 0.403. The summed E-state index contributed by atoms with van der Waals surface area (Å²) in [6.45, 7) is 6.85. The lowest BCUT2D eigenvalue weighted by molar-refractivity contribution is -0.164. The van der Waals surface area contributed by atoms with Crippen molar-refractivity contribution < 1.29 is 9.53 Å². The highest BCUT2D eigenvalue weighted by atomic mass is 16.5. The molecule has 3 heteroatoms. The number of likely N-dealkylation sites (tertiary alicyclic amines) is 1. The first-order valence-electron chi connectivity index (χ1n) is 6.38. The summed E-state index contributed by atoms with van der Waals surface area (Å²) < 4.78 is 4.90. The zero-order valence-corrected chi connectivity index (χ0v) is 10.7. The van der Waals surface area contributed by atoms with Gasteiger partial charge in [-0.3, -0.25) is 9.69 Å². The van der Waals surface area contributed by atoms with Crippen molar-refractivity contribution >= 4 is 5.97 Å². The lowest BCUT2D eigenvalue weighted by Crippen LogP contribution is -2.62. The van der Waals surface area contributed by atoms with Crippen LogP contribution in [0, 0.1) is 11.3 Å². The molecular formula is C13H23NO2. The molecule has 16 heavy (non-hydrogen) atoms. The first-order valence-corrected chi connectivity index (χ1v) is 6.38. The molecule has 2 rings (SSSR count). The molecule has 0 unspecified atom stereocenters. The number of ether oxygens (including phenoxy) is 1. The first kappa shape index (κ1) is 11.9. The van der Waals surface area contributed by atoms with Crippen LogP contribution >= 0.6 is 0 Å². The zero-order valence-electron chi connectivity index (χ0n) is 10.7. The molecule has 2 fully saturated rings. The molecule has 0 aromatic rings. The van der Waals surface area contributed by atoms with Crippen molar-refractivity contribution in [2.45, 2.75) is 45.6 Å². The van der Waals surface area contributed by atoms with Crippen LogP contribution in [0.5, 0.6) is 0 Å². The third kappa shape index (κ3) is 1.97. The Bertz CT molecular complexity index is 269. The SMILES string of the molecule is COC(=O)[C@H]1CC(C)(C)[C@H]1N1CCCCC1. The molecule has 0 aromatic carbocycles. The average Bonchev–Trinajstić information content (AvgIpc) is 2.26. The molecule has 0 spiro atoms. The van der Waals surface area contributed by atoms with Crippen LogP contribution in [0.2, 0.25) is 0 Å². The van der Waals surface area contributed by atoms with Gasteiger partial charge in [0, 0.05) is 6.04 Å². The highest BCUT2D eigenvalue weighted by Gasteiger charge is 2.53. The normalized spacial score (nSPS) is 34.2. The number of nitrogens with zero attached hydrogens (tertiary/aromatic N) is 1. The fourth-order valence-corrected chi connectivity index (χ4v) is 3.49. The van der Waals surface area contributed by atoms with Crippen LogP contribution < -0.4 is 0 Å². The van der Waals surface area contributed by atoms with Crippen molar-refractivity contribution in [3.8, 4) is 0 Å². The zero-order chi connectivity index (χ0) is 11.8. The van der Waals surface area contributed by atoms with E-state index in [0.29, 0.717) is 6.04 Å². The molecule has 2 aliphatic rings. The van der Waals surface area contributed by atoms with E-state index in [1.165, 1.54) is 26.4 Å². The Morgan fingerprint density at radius 3 is 2.38 bits per heavy atom. The number of carbonyl (C=O) groups excluding carboxylic acids is 1. The molecule has 0 aromatic heterocycles. The molecule has 1 saturated heterocycles. The second kappa shape index (κ2) is 4.36.